The van der Waals surface area contributed by atoms with Gasteiger partial charge in [0, 0.05) is 5.02 Å². The summed E-state index contributed by atoms with van der Waals surface area (Å²) in [7, 11) is 0. The maximum absolute atomic E-state index is 5.54. The number of rotatable bonds is 6. The molecule has 0 radical (unpaired) electrons. The van der Waals surface area contributed by atoms with E-state index in [1.807, 2.05) is 30.3 Å². The second-order valence-corrected chi connectivity index (χ2v) is 6.56. The van der Waals surface area contributed by atoms with Crippen LogP contribution in [0, 0.1) is 12.2 Å². The zero-order chi connectivity index (χ0) is 18.2. The molecule has 0 N–H and O–H groups in total. The molecule has 0 atom stereocenters. The molecule has 0 unspecified atom stereocenters. The molecule has 0 saturated carbocycles. The maximum atomic E-state index is 5.54. The molecule has 1 aromatic carbocycles. The Morgan fingerprint density at radius 3 is 1.54 bits per heavy atom. The molecule has 0 bridgehead atoms. The summed E-state index contributed by atoms with van der Waals surface area (Å²) in [5.41, 5.74) is 2.83. The van der Waals surface area contributed by atoms with Gasteiger partial charge in [-0.2, -0.15) is 12.2 Å². The van der Waals surface area contributed by atoms with Crippen molar-refractivity contribution in [1.29, 1.82) is 0 Å². The molecule has 2 aliphatic rings. The molecule has 0 fully saturated rings. The Kier molecular flexibility index (Phi) is 17.3. The third kappa shape index (κ3) is 13.5. The average molecular weight is 446 g/mol. The van der Waals surface area contributed by atoms with E-state index < -0.39 is 0 Å². The smallest absolute Gasteiger partial charge is 0.269 e. The van der Waals surface area contributed by atoms with E-state index in [0.717, 1.165) is 17.9 Å². The van der Waals surface area contributed by atoms with Crippen LogP contribution in [0.4, 0.5) is 0 Å². The number of hydrogen-bond donors (Lipinski definition) is 0. The summed E-state index contributed by atoms with van der Waals surface area (Å²) >= 11 is 5.54. The van der Waals surface area contributed by atoms with Gasteiger partial charge in [0.25, 0.3) is 0 Å². The molecule has 0 aliphatic heterocycles. The summed E-state index contributed by atoms with van der Waals surface area (Å²) in [6.07, 6.45) is 25.1. The first-order chi connectivity index (χ1) is 12.3. The van der Waals surface area contributed by atoms with E-state index in [4.69, 9.17) is 11.6 Å². The molecule has 1 aromatic rings. The van der Waals surface area contributed by atoms with Gasteiger partial charge >= 0.3 is 26.2 Å². The molecule has 138 valence electrons. The Balaban J connectivity index is 0.000000357. The van der Waals surface area contributed by atoms with E-state index in [1.54, 1.807) is 0 Å². The Bertz CT molecular complexity index is 533. The minimum Gasteiger partial charge on any atom is -0.269 e. The van der Waals surface area contributed by atoms with Crippen molar-refractivity contribution >= 4 is 11.6 Å². The second kappa shape index (κ2) is 17.8. The van der Waals surface area contributed by atoms with Crippen molar-refractivity contribution in [2.45, 2.75) is 65.2 Å². The topological polar surface area (TPSA) is 0 Å². The second-order valence-electron chi connectivity index (χ2n) is 6.12. The van der Waals surface area contributed by atoms with Crippen LogP contribution in [0.15, 0.2) is 65.8 Å². The van der Waals surface area contributed by atoms with Gasteiger partial charge < -0.3 is 0 Å². The average Bonchev–Trinajstić information content (AvgIpc) is 3.34. The van der Waals surface area contributed by atoms with Gasteiger partial charge in [0.15, 0.2) is 0 Å². The molecule has 0 saturated heterocycles. The van der Waals surface area contributed by atoms with Crippen LogP contribution in [0.2, 0.25) is 5.02 Å². The molecule has 0 amide bonds. The minimum atomic E-state index is 0. The van der Waals surface area contributed by atoms with Crippen LogP contribution >= 0.6 is 11.6 Å². The van der Waals surface area contributed by atoms with Gasteiger partial charge in [-0.1, -0.05) is 82.2 Å². The molecule has 0 nitrogen and oxygen atoms in total. The van der Waals surface area contributed by atoms with E-state index in [-0.39, 0.29) is 26.2 Å². The van der Waals surface area contributed by atoms with Crippen molar-refractivity contribution in [2.75, 3.05) is 0 Å². The first-order valence-corrected chi connectivity index (χ1v) is 9.87. The molecule has 2 heteroatoms. The molecule has 0 spiro atoms. The number of halogens is 1. The molecule has 0 heterocycles. The summed E-state index contributed by atoms with van der Waals surface area (Å²) in [6.45, 7) is 4.44. The van der Waals surface area contributed by atoms with Crippen molar-refractivity contribution in [3.63, 3.8) is 0 Å². The van der Waals surface area contributed by atoms with Gasteiger partial charge in [0.1, 0.15) is 0 Å². The Hall–Kier alpha value is -0.647. The van der Waals surface area contributed by atoms with Crippen LogP contribution in [0.3, 0.4) is 0 Å². The van der Waals surface area contributed by atoms with E-state index >= 15 is 0 Å². The van der Waals surface area contributed by atoms with Crippen molar-refractivity contribution in [3.8, 4) is 0 Å². The van der Waals surface area contributed by atoms with Crippen LogP contribution in [-0.4, -0.2) is 0 Å². The SMILES string of the molecule is CCCCC1=[C-]CC=C1.CCCCC1=[C-]CC=C1.Clc1ccccc1.[Zr+2]. The third-order valence-electron chi connectivity index (χ3n) is 3.86. The molecule has 3 rings (SSSR count). The van der Waals surface area contributed by atoms with Crippen molar-refractivity contribution < 1.29 is 26.2 Å². The number of allylic oxidation sites excluding steroid dienone is 8. The third-order valence-corrected chi connectivity index (χ3v) is 4.12. The maximum Gasteiger partial charge on any atom is 2.00 e. The fourth-order valence-corrected chi connectivity index (χ4v) is 2.54. The van der Waals surface area contributed by atoms with E-state index in [0.29, 0.717) is 0 Å². The molecule has 0 aromatic heterocycles. The van der Waals surface area contributed by atoms with Gasteiger partial charge in [0.05, 0.1) is 0 Å². The van der Waals surface area contributed by atoms with Crippen molar-refractivity contribution in [2.24, 2.45) is 0 Å². The number of hydrogen-bond acceptors (Lipinski definition) is 0. The van der Waals surface area contributed by atoms with Gasteiger partial charge in [-0.15, -0.1) is 12.8 Å². The molecular weight excluding hydrogens is 415 g/mol. The Morgan fingerprint density at radius 1 is 0.808 bits per heavy atom. The first-order valence-electron chi connectivity index (χ1n) is 9.49. The molecular formula is C24H31ClZr. The van der Waals surface area contributed by atoms with Crippen molar-refractivity contribution in [1.82, 2.24) is 0 Å². The van der Waals surface area contributed by atoms with Gasteiger partial charge in [0.2, 0.25) is 0 Å². The summed E-state index contributed by atoms with van der Waals surface area (Å²) < 4.78 is 0. The van der Waals surface area contributed by atoms with E-state index in [1.165, 1.54) is 49.7 Å². The molecule has 26 heavy (non-hydrogen) atoms. The van der Waals surface area contributed by atoms with Crippen LogP contribution in [-0.2, 0) is 26.2 Å². The van der Waals surface area contributed by atoms with Crippen LogP contribution in [0.1, 0.15) is 65.2 Å². The monoisotopic (exact) mass is 444 g/mol. The van der Waals surface area contributed by atoms with Gasteiger partial charge in [-0.3, -0.25) is 12.2 Å². The van der Waals surface area contributed by atoms with Gasteiger partial charge in [-0.05, 0) is 12.1 Å². The Morgan fingerprint density at radius 2 is 1.27 bits per heavy atom. The van der Waals surface area contributed by atoms with E-state index in [9.17, 15) is 0 Å². The summed E-state index contributed by atoms with van der Waals surface area (Å²) in [6, 6.07) is 9.44. The van der Waals surface area contributed by atoms with Crippen LogP contribution in [0.25, 0.3) is 0 Å². The predicted octanol–water partition coefficient (Wildman–Crippen LogP) is 8.07. The predicted molar refractivity (Wildman–Crippen MR) is 112 cm³/mol. The van der Waals surface area contributed by atoms with Gasteiger partial charge in [-0.25, -0.2) is 23.3 Å². The van der Waals surface area contributed by atoms with Crippen molar-refractivity contribution in [3.05, 3.63) is 83.0 Å². The van der Waals surface area contributed by atoms with Crippen LogP contribution in [0.5, 0.6) is 0 Å². The fraction of sp³-hybridized carbons (Fsp3) is 0.417. The quantitative estimate of drug-likeness (QED) is 0.388. The Labute approximate surface area is 185 Å². The summed E-state index contributed by atoms with van der Waals surface area (Å²) in [5, 5.41) is 0.794. The standard InChI is InChI=1S/2C9H13.C6H5Cl.Zr/c2*1-2-3-6-9-7-4-5-8-9;7-6-4-2-1-3-5-6;/h2*4,7H,2-3,5-6H2,1H3;1-5H;/q2*-1;;+2. The normalized spacial score (nSPS) is 13.7. The van der Waals surface area contributed by atoms with Crippen LogP contribution < -0.4 is 0 Å². The minimum absolute atomic E-state index is 0. The fourth-order valence-electron chi connectivity index (χ4n) is 2.39. The number of unbranched alkanes of at least 4 members (excludes halogenated alkanes) is 2. The zero-order valence-corrected chi connectivity index (χ0v) is 19.4. The van der Waals surface area contributed by atoms with E-state index in [2.05, 4.69) is 50.3 Å². The molecule has 2 aliphatic carbocycles. The summed E-state index contributed by atoms with van der Waals surface area (Å²) in [4.78, 5) is 0. The first kappa shape index (κ1) is 25.4. The number of benzene rings is 1. The zero-order valence-electron chi connectivity index (χ0n) is 16.2. The largest absolute Gasteiger partial charge is 2.00 e. The summed E-state index contributed by atoms with van der Waals surface area (Å²) in [5.74, 6) is 0.